The number of fused-ring (bicyclic) bond motifs is 1. The van der Waals surface area contributed by atoms with Crippen LogP contribution in [0.4, 0.5) is 0 Å². The maximum Gasteiger partial charge on any atom is 0.251 e. The van der Waals surface area contributed by atoms with Crippen LogP contribution in [0.25, 0.3) is 11.0 Å². The van der Waals surface area contributed by atoms with E-state index in [4.69, 9.17) is 0 Å². The first-order valence-corrected chi connectivity index (χ1v) is 5.96. The largest absolute Gasteiger partial charge is 0.310 e. The molecule has 0 spiro atoms. The zero-order valence-electron chi connectivity index (χ0n) is 9.49. The summed E-state index contributed by atoms with van der Waals surface area (Å²) in [6.07, 6.45) is 0. The van der Waals surface area contributed by atoms with E-state index in [0.717, 1.165) is 21.2 Å². The Morgan fingerprint density at radius 1 is 1.38 bits per heavy atom. The van der Waals surface area contributed by atoms with Gasteiger partial charge in [0.15, 0.2) is 0 Å². The average molecular weight is 281 g/mol. The molecule has 0 saturated carbocycles. The van der Waals surface area contributed by atoms with Gasteiger partial charge >= 0.3 is 0 Å². The van der Waals surface area contributed by atoms with Gasteiger partial charge in [-0.3, -0.25) is 4.79 Å². The Balaban J connectivity index is 2.96. The smallest absolute Gasteiger partial charge is 0.251 e. The SMILES string of the molecule is CC(C)c1cc(=O)n(C)c2ccc(Br)nc12. The molecule has 2 rings (SSSR count). The summed E-state index contributed by atoms with van der Waals surface area (Å²) in [6, 6.07) is 5.44. The van der Waals surface area contributed by atoms with Crippen molar-refractivity contribution in [3.8, 4) is 0 Å². The summed E-state index contributed by atoms with van der Waals surface area (Å²) in [5.41, 5.74) is 2.78. The molecule has 2 heterocycles. The fourth-order valence-corrected chi connectivity index (χ4v) is 2.08. The predicted molar refractivity (Wildman–Crippen MR) is 68.8 cm³/mol. The highest BCUT2D eigenvalue weighted by Crippen LogP contribution is 2.23. The Kier molecular flexibility index (Phi) is 2.84. The summed E-state index contributed by atoms with van der Waals surface area (Å²) < 4.78 is 2.42. The molecule has 0 saturated heterocycles. The fourth-order valence-electron chi connectivity index (χ4n) is 1.77. The van der Waals surface area contributed by atoms with Gasteiger partial charge in [0.05, 0.1) is 11.0 Å². The van der Waals surface area contributed by atoms with Crippen LogP contribution in [0.3, 0.4) is 0 Å². The van der Waals surface area contributed by atoms with E-state index < -0.39 is 0 Å². The molecule has 16 heavy (non-hydrogen) atoms. The highest BCUT2D eigenvalue weighted by molar-refractivity contribution is 9.10. The Morgan fingerprint density at radius 3 is 2.69 bits per heavy atom. The molecule has 0 aliphatic carbocycles. The third-order valence-electron chi connectivity index (χ3n) is 2.71. The van der Waals surface area contributed by atoms with Crippen LogP contribution in [0.5, 0.6) is 0 Å². The van der Waals surface area contributed by atoms with Crippen LogP contribution in [0.1, 0.15) is 25.3 Å². The second-order valence-electron chi connectivity index (χ2n) is 4.15. The Labute approximate surface area is 102 Å². The standard InChI is InChI=1S/C12H13BrN2O/c1-7(2)8-6-11(16)15(3)9-4-5-10(13)14-12(8)9/h4-7H,1-3H3. The van der Waals surface area contributed by atoms with Gasteiger partial charge in [0.2, 0.25) is 0 Å². The maximum absolute atomic E-state index is 11.8. The van der Waals surface area contributed by atoms with Gasteiger partial charge < -0.3 is 4.57 Å². The Bertz CT molecular complexity index is 602. The normalized spacial score (nSPS) is 11.3. The van der Waals surface area contributed by atoms with Crippen LogP contribution in [0.15, 0.2) is 27.6 Å². The lowest BCUT2D eigenvalue weighted by atomic mass is 10.0. The molecule has 3 nitrogen and oxygen atoms in total. The van der Waals surface area contributed by atoms with Crippen molar-refractivity contribution >= 4 is 27.0 Å². The van der Waals surface area contributed by atoms with E-state index in [1.807, 2.05) is 12.1 Å². The third-order valence-corrected chi connectivity index (χ3v) is 3.15. The number of aryl methyl sites for hydroxylation is 1. The van der Waals surface area contributed by atoms with Crippen molar-refractivity contribution in [2.75, 3.05) is 0 Å². The zero-order valence-corrected chi connectivity index (χ0v) is 11.1. The fraction of sp³-hybridized carbons (Fsp3) is 0.333. The van der Waals surface area contributed by atoms with Crippen molar-refractivity contribution in [2.45, 2.75) is 19.8 Å². The minimum atomic E-state index is 0.0142. The van der Waals surface area contributed by atoms with Crippen LogP contribution in [-0.2, 0) is 7.05 Å². The minimum absolute atomic E-state index is 0.0142. The van der Waals surface area contributed by atoms with Crippen molar-refractivity contribution < 1.29 is 0 Å². The summed E-state index contributed by atoms with van der Waals surface area (Å²) in [4.78, 5) is 16.2. The monoisotopic (exact) mass is 280 g/mol. The molecular formula is C12H13BrN2O. The molecule has 4 heteroatoms. The number of hydrogen-bond donors (Lipinski definition) is 0. The lowest BCUT2D eigenvalue weighted by molar-refractivity contribution is 0.840. The highest BCUT2D eigenvalue weighted by Gasteiger charge is 2.10. The molecule has 0 atom stereocenters. The summed E-state index contributed by atoms with van der Waals surface area (Å²) in [5, 5.41) is 0. The second kappa shape index (κ2) is 4.01. The number of pyridine rings is 2. The van der Waals surface area contributed by atoms with E-state index in [1.165, 1.54) is 0 Å². The molecule has 0 aromatic carbocycles. The number of hydrogen-bond acceptors (Lipinski definition) is 2. The molecule has 2 aromatic heterocycles. The molecule has 0 fully saturated rings. The first kappa shape index (κ1) is 11.3. The Morgan fingerprint density at radius 2 is 2.06 bits per heavy atom. The van der Waals surface area contributed by atoms with Crippen LogP contribution in [0.2, 0.25) is 0 Å². The molecule has 0 aliphatic rings. The molecule has 0 bridgehead atoms. The molecular weight excluding hydrogens is 268 g/mol. The van der Waals surface area contributed by atoms with Gasteiger partial charge in [0.25, 0.3) is 5.56 Å². The van der Waals surface area contributed by atoms with Crippen molar-refractivity contribution in [3.05, 3.63) is 38.7 Å². The van der Waals surface area contributed by atoms with E-state index in [-0.39, 0.29) is 5.56 Å². The minimum Gasteiger partial charge on any atom is -0.310 e. The van der Waals surface area contributed by atoms with Gasteiger partial charge in [-0.2, -0.15) is 0 Å². The predicted octanol–water partition coefficient (Wildman–Crippen LogP) is 2.82. The van der Waals surface area contributed by atoms with E-state index in [0.29, 0.717) is 5.92 Å². The molecule has 0 N–H and O–H groups in total. The number of aromatic nitrogens is 2. The second-order valence-corrected chi connectivity index (χ2v) is 4.97. The zero-order chi connectivity index (χ0) is 11.9. The average Bonchev–Trinajstić information content (AvgIpc) is 2.22. The third kappa shape index (κ3) is 1.78. The van der Waals surface area contributed by atoms with Crippen molar-refractivity contribution in [2.24, 2.45) is 7.05 Å². The van der Waals surface area contributed by atoms with Crippen molar-refractivity contribution in [3.63, 3.8) is 0 Å². The quantitative estimate of drug-likeness (QED) is 0.753. The van der Waals surface area contributed by atoms with Crippen LogP contribution < -0.4 is 5.56 Å². The number of nitrogens with zero attached hydrogens (tertiary/aromatic N) is 2. The van der Waals surface area contributed by atoms with Gasteiger partial charge in [0, 0.05) is 13.1 Å². The molecule has 0 amide bonds. The summed E-state index contributed by atoms with van der Waals surface area (Å²) in [7, 11) is 1.77. The molecule has 0 aliphatic heterocycles. The first-order chi connectivity index (χ1) is 7.50. The lowest BCUT2D eigenvalue weighted by Crippen LogP contribution is -2.18. The summed E-state index contributed by atoms with van der Waals surface area (Å²) in [5.74, 6) is 0.290. The van der Waals surface area contributed by atoms with Gasteiger partial charge in [0.1, 0.15) is 4.60 Å². The molecule has 84 valence electrons. The molecule has 0 radical (unpaired) electrons. The van der Waals surface area contributed by atoms with Crippen LogP contribution >= 0.6 is 15.9 Å². The highest BCUT2D eigenvalue weighted by atomic mass is 79.9. The van der Waals surface area contributed by atoms with Crippen molar-refractivity contribution in [1.82, 2.24) is 9.55 Å². The van der Waals surface area contributed by atoms with Gasteiger partial charge in [-0.1, -0.05) is 13.8 Å². The summed E-state index contributed by atoms with van der Waals surface area (Å²) in [6.45, 7) is 4.13. The van der Waals surface area contributed by atoms with Gasteiger partial charge in [-0.25, -0.2) is 4.98 Å². The van der Waals surface area contributed by atoms with E-state index >= 15 is 0 Å². The number of halogens is 1. The van der Waals surface area contributed by atoms with Crippen LogP contribution in [-0.4, -0.2) is 9.55 Å². The summed E-state index contributed by atoms with van der Waals surface area (Å²) >= 11 is 3.36. The van der Waals surface area contributed by atoms with Crippen molar-refractivity contribution in [1.29, 1.82) is 0 Å². The molecule has 0 unspecified atom stereocenters. The van der Waals surface area contributed by atoms with E-state index in [1.54, 1.807) is 17.7 Å². The molecule has 2 aromatic rings. The first-order valence-electron chi connectivity index (χ1n) is 5.17. The van der Waals surface area contributed by atoms with Gasteiger partial charge in [-0.05, 0) is 39.5 Å². The Hall–Kier alpha value is -1.16. The topological polar surface area (TPSA) is 34.9 Å². The maximum atomic E-state index is 11.8. The lowest BCUT2D eigenvalue weighted by Gasteiger charge is -2.11. The van der Waals surface area contributed by atoms with E-state index in [2.05, 4.69) is 34.8 Å². The van der Waals surface area contributed by atoms with Gasteiger partial charge in [-0.15, -0.1) is 0 Å². The van der Waals surface area contributed by atoms with Crippen LogP contribution in [0, 0.1) is 0 Å². The number of rotatable bonds is 1. The van der Waals surface area contributed by atoms with E-state index in [9.17, 15) is 4.79 Å².